The van der Waals surface area contributed by atoms with E-state index in [1.165, 1.54) is 0 Å². The number of aliphatic imine (C=N–C) groups is 1. The molecular weight excluding hydrogens is 270 g/mol. The highest BCUT2D eigenvalue weighted by molar-refractivity contribution is 6.32. The summed E-state index contributed by atoms with van der Waals surface area (Å²) in [5.41, 5.74) is 5.31. The van der Waals surface area contributed by atoms with Crippen molar-refractivity contribution >= 4 is 29.3 Å². The zero-order valence-corrected chi connectivity index (χ0v) is 10.7. The van der Waals surface area contributed by atoms with Crippen LogP contribution in [0, 0.1) is 0 Å². The number of hydrogen-bond acceptors (Lipinski definition) is 4. The van der Waals surface area contributed by atoms with E-state index in [4.69, 9.17) is 22.1 Å². The van der Waals surface area contributed by atoms with Crippen molar-refractivity contribution in [2.45, 2.75) is 12.5 Å². The average molecular weight is 282 g/mol. The van der Waals surface area contributed by atoms with Crippen LogP contribution in [-0.2, 0) is 9.59 Å². The predicted molar refractivity (Wildman–Crippen MR) is 70.1 cm³/mol. The van der Waals surface area contributed by atoms with Gasteiger partial charge in [0.1, 0.15) is 11.6 Å². The lowest BCUT2D eigenvalue weighted by atomic mass is 10.2. The molecule has 1 atom stereocenters. The van der Waals surface area contributed by atoms with Crippen molar-refractivity contribution in [2.75, 3.05) is 6.61 Å². The molecule has 0 saturated heterocycles. The molecule has 1 unspecified atom stereocenters. The van der Waals surface area contributed by atoms with Gasteiger partial charge < -0.3 is 15.8 Å². The van der Waals surface area contributed by atoms with E-state index in [1.807, 2.05) is 0 Å². The van der Waals surface area contributed by atoms with Crippen LogP contribution in [0.1, 0.15) is 6.42 Å². The van der Waals surface area contributed by atoms with E-state index in [0.29, 0.717) is 10.8 Å². The molecule has 1 aliphatic rings. The number of amidine groups is 1. The number of nitrogens with two attached hydrogens (primary N) is 1. The minimum Gasteiger partial charge on any atom is -0.492 e. The van der Waals surface area contributed by atoms with Crippen LogP contribution in [-0.4, -0.2) is 30.3 Å². The third kappa shape index (κ3) is 3.30. The van der Waals surface area contributed by atoms with Crippen molar-refractivity contribution in [3.63, 3.8) is 0 Å². The van der Waals surface area contributed by atoms with Crippen LogP contribution in [0.4, 0.5) is 0 Å². The molecule has 0 spiro atoms. The second-order valence-electron chi connectivity index (χ2n) is 3.89. The van der Waals surface area contributed by atoms with Crippen molar-refractivity contribution in [1.82, 2.24) is 5.32 Å². The van der Waals surface area contributed by atoms with Crippen molar-refractivity contribution in [3.8, 4) is 5.75 Å². The van der Waals surface area contributed by atoms with Gasteiger partial charge in [0.05, 0.1) is 11.6 Å². The number of rotatable bonds is 4. The van der Waals surface area contributed by atoms with E-state index in [0.717, 1.165) is 0 Å². The summed E-state index contributed by atoms with van der Waals surface area (Å²) in [6.45, 7) is 0.241. The van der Waals surface area contributed by atoms with Gasteiger partial charge in [0.15, 0.2) is 6.04 Å². The fraction of sp³-hybridized carbons (Fsp3) is 0.250. The number of para-hydroxylation sites is 1. The van der Waals surface area contributed by atoms with Gasteiger partial charge in [0.2, 0.25) is 0 Å². The van der Waals surface area contributed by atoms with E-state index in [1.54, 1.807) is 24.3 Å². The molecule has 1 aliphatic heterocycles. The summed E-state index contributed by atoms with van der Waals surface area (Å²) in [4.78, 5) is 26.2. The van der Waals surface area contributed by atoms with Crippen LogP contribution >= 0.6 is 11.6 Å². The Bertz CT molecular complexity index is 545. The third-order valence-electron chi connectivity index (χ3n) is 2.49. The molecule has 1 aromatic carbocycles. The molecule has 1 aromatic rings. The molecule has 0 fully saturated rings. The lowest BCUT2D eigenvalue weighted by molar-refractivity contribution is -0.129. The number of carbonyl (C=O) groups is 2. The standard InChI is InChI=1S/C12H12ClN3O3/c13-7-3-1-2-4-8(7)19-6-5-9-15-11(17)10(14)12(18)16-9/h1-4,10H,5-6,14H2,(H,15,16,17,18). The van der Waals surface area contributed by atoms with Crippen molar-refractivity contribution < 1.29 is 14.3 Å². The van der Waals surface area contributed by atoms with Gasteiger partial charge >= 0.3 is 0 Å². The fourth-order valence-corrected chi connectivity index (χ4v) is 1.69. The number of ether oxygens (including phenoxy) is 1. The summed E-state index contributed by atoms with van der Waals surface area (Å²) in [6.07, 6.45) is 0.287. The molecule has 3 N–H and O–H groups in total. The maximum atomic E-state index is 11.3. The highest BCUT2D eigenvalue weighted by Crippen LogP contribution is 2.23. The molecule has 0 bridgehead atoms. The Balaban J connectivity index is 1.90. The van der Waals surface area contributed by atoms with Gasteiger partial charge in [-0.3, -0.25) is 9.59 Å². The highest BCUT2D eigenvalue weighted by Gasteiger charge is 2.27. The molecule has 0 saturated carbocycles. The molecule has 0 radical (unpaired) electrons. The number of amides is 2. The zero-order valence-electron chi connectivity index (χ0n) is 9.93. The smallest absolute Gasteiger partial charge is 0.273 e. The van der Waals surface area contributed by atoms with Gasteiger partial charge in [-0.05, 0) is 12.1 Å². The van der Waals surface area contributed by atoms with Crippen LogP contribution in [0.2, 0.25) is 5.02 Å². The Morgan fingerprint density at radius 1 is 1.37 bits per heavy atom. The third-order valence-corrected chi connectivity index (χ3v) is 2.81. The topological polar surface area (TPSA) is 93.8 Å². The largest absolute Gasteiger partial charge is 0.492 e. The van der Waals surface area contributed by atoms with E-state index in [9.17, 15) is 9.59 Å². The molecule has 0 aromatic heterocycles. The molecule has 100 valence electrons. The van der Waals surface area contributed by atoms with Crippen LogP contribution in [0.3, 0.4) is 0 Å². The maximum Gasteiger partial charge on any atom is 0.273 e. The first kappa shape index (κ1) is 13.5. The molecule has 1 heterocycles. The van der Waals surface area contributed by atoms with Gasteiger partial charge in [-0.15, -0.1) is 0 Å². The Morgan fingerprint density at radius 3 is 2.79 bits per heavy atom. The summed E-state index contributed by atoms with van der Waals surface area (Å²) in [7, 11) is 0. The van der Waals surface area contributed by atoms with Crippen LogP contribution < -0.4 is 15.8 Å². The maximum absolute atomic E-state index is 11.3. The van der Waals surface area contributed by atoms with Gasteiger partial charge in [-0.2, -0.15) is 4.99 Å². The molecule has 2 amide bonds. The normalized spacial score (nSPS) is 18.8. The number of benzene rings is 1. The van der Waals surface area contributed by atoms with Gasteiger partial charge in [-0.25, -0.2) is 0 Å². The SMILES string of the molecule is NC1C(=O)N=C(CCOc2ccccc2Cl)NC1=O. The first-order valence-electron chi connectivity index (χ1n) is 5.63. The number of hydrogen-bond donors (Lipinski definition) is 2. The van der Waals surface area contributed by atoms with Gasteiger partial charge in [0, 0.05) is 6.42 Å². The fourth-order valence-electron chi connectivity index (χ4n) is 1.50. The number of nitrogens with one attached hydrogen (secondary N) is 1. The second kappa shape index (κ2) is 5.81. The first-order valence-corrected chi connectivity index (χ1v) is 6.01. The molecule has 6 nitrogen and oxygen atoms in total. The predicted octanol–water partition coefficient (Wildman–Crippen LogP) is 0.491. The lowest BCUT2D eigenvalue weighted by Gasteiger charge is -2.17. The highest BCUT2D eigenvalue weighted by atomic mass is 35.5. The lowest BCUT2D eigenvalue weighted by Crippen LogP contribution is -2.52. The van der Waals surface area contributed by atoms with Crippen LogP contribution in [0.25, 0.3) is 0 Å². The van der Waals surface area contributed by atoms with E-state index in [-0.39, 0.29) is 18.9 Å². The van der Waals surface area contributed by atoms with Gasteiger partial charge in [-0.1, -0.05) is 23.7 Å². The van der Waals surface area contributed by atoms with Crippen LogP contribution in [0.5, 0.6) is 5.75 Å². The molecule has 7 heteroatoms. The minimum atomic E-state index is -1.21. The number of halogens is 1. The summed E-state index contributed by atoms with van der Waals surface area (Å²) >= 11 is 5.92. The Labute approximate surface area is 114 Å². The van der Waals surface area contributed by atoms with Crippen LogP contribution in [0.15, 0.2) is 29.3 Å². The number of carbonyl (C=O) groups excluding carboxylic acids is 2. The summed E-state index contributed by atoms with van der Waals surface area (Å²) in [6, 6.07) is 5.81. The Morgan fingerprint density at radius 2 is 2.11 bits per heavy atom. The Hall–Kier alpha value is -1.92. The second-order valence-corrected chi connectivity index (χ2v) is 4.30. The van der Waals surface area contributed by atoms with Crippen molar-refractivity contribution in [2.24, 2.45) is 10.7 Å². The van der Waals surface area contributed by atoms with Crippen molar-refractivity contribution in [3.05, 3.63) is 29.3 Å². The molecule has 0 aliphatic carbocycles. The zero-order chi connectivity index (χ0) is 13.8. The minimum absolute atomic E-state index is 0.241. The molecular formula is C12H12ClN3O3. The average Bonchev–Trinajstić information content (AvgIpc) is 2.38. The summed E-state index contributed by atoms with van der Waals surface area (Å²) in [5, 5.41) is 2.95. The van der Waals surface area contributed by atoms with E-state index in [2.05, 4.69) is 10.3 Å². The van der Waals surface area contributed by atoms with Crippen molar-refractivity contribution in [1.29, 1.82) is 0 Å². The summed E-state index contributed by atoms with van der Waals surface area (Å²) < 4.78 is 5.43. The molecule has 2 rings (SSSR count). The monoisotopic (exact) mass is 281 g/mol. The summed E-state index contributed by atoms with van der Waals surface area (Å²) in [5.74, 6) is -0.400. The quantitative estimate of drug-likeness (QED) is 0.786. The first-order chi connectivity index (χ1) is 9.08. The van der Waals surface area contributed by atoms with E-state index >= 15 is 0 Å². The number of nitrogens with zero attached hydrogens (tertiary/aromatic N) is 1. The van der Waals surface area contributed by atoms with E-state index < -0.39 is 17.9 Å². The Kier molecular flexibility index (Phi) is 4.13. The van der Waals surface area contributed by atoms with Gasteiger partial charge in [0.25, 0.3) is 11.8 Å². The molecule has 19 heavy (non-hydrogen) atoms.